The first-order valence-corrected chi connectivity index (χ1v) is 8.48. The number of hydrogen-bond acceptors (Lipinski definition) is 3. The molecule has 1 fully saturated rings. The Labute approximate surface area is 142 Å². The zero-order chi connectivity index (χ0) is 18.1. The van der Waals surface area contributed by atoms with Crippen molar-refractivity contribution in [3.05, 3.63) is 35.4 Å². The molecular formula is C19H26O5. The maximum Gasteiger partial charge on any atom is 0.311 e. The van der Waals surface area contributed by atoms with Gasteiger partial charge in [-0.1, -0.05) is 38.1 Å². The number of rotatable bonds is 5. The third kappa shape index (κ3) is 2.34. The molecule has 0 bridgehead atoms. The van der Waals surface area contributed by atoms with Gasteiger partial charge in [0, 0.05) is 5.92 Å². The zero-order valence-corrected chi connectivity index (χ0v) is 14.5. The number of carboxylic acid groups (broad SMARTS) is 2. The fourth-order valence-corrected chi connectivity index (χ4v) is 4.81. The predicted octanol–water partition coefficient (Wildman–Crippen LogP) is 3.20. The minimum Gasteiger partial charge on any atom is -0.481 e. The summed E-state index contributed by atoms with van der Waals surface area (Å²) in [5.41, 5.74) is -1.33. The molecule has 4 atom stereocenters. The molecule has 0 saturated heterocycles. The molecule has 0 amide bonds. The van der Waals surface area contributed by atoms with Gasteiger partial charge in [-0.3, -0.25) is 9.59 Å². The van der Waals surface area contributed by atoms with Crippen molar-refractivity contribution >= 4 is 11.9 Å². The molecule has 1 aliphatic carbocycles. The monoisotopic (exact) mass is 334 g/mol. The normalized spacial score (nSPS) is 33.2. The highest BCUT2D eigenvalue weighted by Gasteiger charge is 2.67. The van der Waals surface area contributed by atoms with Gasteiger partial charge < -0.3 is 15.3 Å². The molecule has 1 aromatic rings. The minimum atomic E-state index is -1.54. The highest BCUT2D eigenvalue weighted by Crippen LogP contribution is 2.61. The van der Waals surface area contributed by atoms with Gasteiger partial charge in [-0.25, -0.2) is 0 Å². The fraction of sp³-hybridized carbons (Fsp3) is 0.579. The van der Waals surface area contributed by atoms with Gasteiger partial charge in [0.15, 0.2) is 0 Å². The van der Waals surface area contributed by atoms with E-state index >= 15 is 0 Å². The van der Waals surface area contributed by atoms with Crippen molar-refractivity contribution in [1.29, 1.82) is 0 Å². The van der Waals surface area contributed by atoms with Crippen LogP contribution in [0.3, 0.4) is 0 Å². The topological polar surface area (TPSA) is 94.8 Å². The molecule has 24 heavy (non-hydrogen) atoms. The van der Waals surface area contributed by atoms with E-state index in [2.05, 4.69) is 0 Å². The summed E-state index contributed by atoms with van der Waals surface area (Å²) in [5.74, 6) is -2.97. The molecule has 0 aromatic heterocycles. The Morgan fingerprint density at radius 3 is 2.21 bits per heavy atom. The highest BCUT2D eigenvalue weighted by molar-refractivity contribution is 5.88. The summed E-state index contributed by atoms with van der Waals surface area (Å²) in [4.78, 5) is 24.7. The van der Waals surface area contributed by atoms with Crippen LogP contribution in [0.2, 0.25) is 0 Å². The molecule has 5 nitrogen and oxygen atoms in total. The van der Waals surface area contributed by atoms with E-state index in [0.717, 1.165) is 11.1 Å². The number of carbonyl (C=O) groups is 2. The average Bonchev–Trinajstić information content (AvgIpc) is 2.54. The summed E-state index contributed by atoms with van der Waals surface area (Å²) in [6.45, 7) is 5.31. The lowest BCUT2D eigenvalue weighted by Crippen LogP contribution is -2.60. The van der Waals surface area contributed by atoms with Gasteiger partial charge >= 0.3 is 11.9 Å². The molecule has 132 valence electrons. The Bertz CT molecular complexity index is 640. The van der Waals surface area contributed by atoms with E-state index in [1.807, 2.05) is 25.1 Å². The Kier molecular flexibility index (Phi) is 5.04. The van der Waals surface area contributed by atoms with E-state index in [1.54, 1.807) is 19.9 Å². The lowest BCUT2D eigenvalue weighted by atomic mass is 9.47. The quantitative estimate of drug-likeness (QED) is 0.768. The second-order valence-electron chi connectivity index (χ2n) is 6.81. The number of carboxylic acids is 2. The van der Waals surface area contributed by atoms with Crippen LogP contribution in [0, 0.1) is 17.8 Å². The van der Waals surface area contributed by atoms with E-state index in [0.29, 0.717) is 0 Å². The standard InChI is InChI=1S/C19H26O5/c1-4-18(16(21)22)11-10-14(20)15(19(18,5-2)17(23)24)13-9-7-6-8-12(13)3/h6-9,14-15,20H,4-5,10-11H2,1-3H3,(H,21,22)(H,23,24)/t14-,15-,18+,19+/m0/s1. The van der Waals surface area contributed by atoms with Crippen molar-refractivity contribution in [3.8, 4) is 0 Å². The van der Waals surface area contributed by atoms with E-state index < -0.39 is 34.8 Å². The number of benzene rings is 1. The van der Waals surface area contributed by atoms with Gasteiger partial charge in [-0.05, 0) is 43.7 Å². The number of aliphatic carboxylic acids is 2. The fourth-order valence-electron chi connectivity index (χ4n) is 4.81. The maximum atomic E-state index is 12.5. The minimum absolute atomic E-state index is 0.151. The summed E-state index contributed by atoms with van der Waals surface area (Å²) >= 11 is 0. The number of aryl methyl sites for hydroxylation is 1. The lowest BCUT2D eigenvalue weighted by molar-refractivity contribution is -0.191. The molecule has 5 heteroatoms. The summed E-state index contributed by atoms with van der Waals surface area (Å²) in [6.07, 6.45) is -0.0477. The Morgan fingerprint density at radius 1 is 1.12 bits per heavy atom. The summed E-state index contributed by atoms with van der Waals surface area (Å²) in [6, 6.07) is 7.34. The molecule has 1 saturated carbocycles. The SMILES string of the molecule is CC[C@]1(C(=O)O)CC[C@H](O)[C@H](c2ccccc2C)[C@]1(CC)C(=O)O. The first-order chi connectivity index (χ1) is 11.3. The van der Waals surface area contributed by atoms with Crippen LogP contribution >= 0.6 is 0 Å². The molecule has 0 spiro atoms. The van der Waals surface area contributed by atoms with Gasteiger partial charge in [0.05, 0.1) is 16.9 Å². The molecule has 0 radical (unpaired) electrons. The van der Waals surface area contributed by atoms with Crippen molar-refractivity contribution in [3.63, 3.8) is 0 Å². The van der Waals surface area contributed by atoms with Crippen molar-refractivity contribution in [2.24, 2.45) is 10.8 Å². The smallest absolute Gasteiger partial charge is 0.311 e. The zero-order valence-electron chi connectivity index (χ0n) is 14.5. The van der Waals surface area contributed by atoms with Crippen LogP contribution in [0.15, 0.2) is 24.3 Å². The Hall–Kier alpha value is -1.88. The van der Waals surface area contributed by atoms with Crippen molar-refractivity contribution < 1.29 is 24.9 Å². The van der Waals surface area contributed by atoms with Crippen LogP contribution < -0.4 is 0 Å². The molecule has 0 heterocycles. The molecule has 2 rings (SSSR count). The van der Waals surface area contributed by atoms with Gasteiger partial charge in [0.1, 0.15) is 0 Å². The number of aliphatic hydroxyl groups is 1. The first-order valence-electron chi connectivity index (χ1n) is 8.48. The van der Waals surface area contributed by atoms with Crippen LogP contribution in [-0.4, -0.2) is 33.4 Å². The van der Waals surface area contributed by atoms with Crippen LogP contribution in [-0.2, 0) is 9.59 Å². The third-order valence-corrected chi connectivity index (χ3v) is 6.11. The van der Waals surface area contributed by atoms with Crippen molar-refractivity contribution in [1.82, 2.24) is 0 Å². The van der Waals surface area contributed by atoms with Crippen molar-refractivity contribution in [2.75, 3.05) is 0 Å². The highest BCUT2D eigenvalue weighted by atomic mass is 16.4. The third-order valence-electron chi connectivity index (χ3n) is 6.11. The van der Waals surface area contributed by atoms with Crippen molar-refractivity contribution in [2.45, 2.75) is 58.5 Å². The molecule has 0 aliphatic heterocycles. The summed E-state index contributed by atoms with van der Waals surface area (Å²) < 4.78 is 0. The molecule has 1 aliphatic rings. The van der Waals surface area contributed by atoms with Crippen LogP contribution in [0.5, 0.6) is 0 Å². The summed E-state index contributed by atoms with van der Waals surface area (Å²) in [5, 5.41) is 30.9. The lowest BCUT2D eigenvalue weighted by Gasteiger charge is -2.54. The summed E-state index contributed by atoms with van der Waals surface area (Å²) in [7, 11) is 0. The molecule has 3 N–H and O–H groups in total. The predicted molar refractivity (Wildman–Crippen MR) is 89.9 cm³/mol. The van der Waals surface area contributed by atoms with Gasteiger partial charge in [0.25, 0.3) is 0 Å². The van der Waals surface area contributed by atoms with Crippen LogP contribution in [0.4, 0.5) is 0 Å². The molecular weight excluding hydrogens is 308 g/mol. The van der Waals surface area contributed by atoms with E-state index in [9.17, 15) is 24.9 Å². The second-order valence-corrected chi connectivity index (χ2v) is 6.81. The largest absolute Gasteiger partial charge is 0.481 e. The van der Waals surface area contributed by atoms with E-state index in [4.69, 9.17) is 0 Å². The maximum absolute atomic E-state index is 12.5. The Morgan fingerprint density at radius 2 is 1.75 bits per heavy atom. The molecule has 0 unspecified atom stereocenters. The van der Waals surface area contributed by atoms with Crippen LogP contribution in [0.1, 0.15) is 56.6 Å². The van der Waals surface area contributed by atoms with E-state index in [1.165, 1.54) is 0 Å². The number of hydrogen-bond donors (Lipinski definition) is 3. The first kappa shape index (κ1) is 18.5. The van der Waals surface area contributed by atoms with Crippen LogP contribution in [0.25, 0.3) is 0 Å². The second kappa shape index (κ2) is 6.55. The van der Waals surface area contributed by atoms with Gasteiger partial charge in [0.2, 0.25) is 0 Å². The molecule has 1 aromatic carbocycles. The average molecular weight is 334 g/mol. The van der Waals surface area contributed by atoms with Gasteiger partial charge in [-0.2, -0.15) is 0 Å². The number of aliphatic hydroxyl groups excluding tert-OH is 1. The van der Waals surface area contributed by atoms with E-state index in [-0.39, 0.29) is 25.7 Å². The Balaban J connectivity index is 2.81. The van der Waals surface area contributed by atoms with Gasteiger partial charge in [-0.15, -0.1) is 0 Å².